The largest absolute Gasteiger partial charge is 0.480 e. The van der Waals surface area contributed by atoms with Crippen molar-refractivity contribution in [1.82, 2.24) is 0 Å². The molecule has 0 aromatic heterocycles. The van der Waals surface area contributed by atoms with Gasteiger partial charge in [-0.1, -0.05) is 6.42 Å². The topological polar surface area (TPSA) is 89.3 Å². The maximum Gasteiger partial charge on any atom is 0.320 e. The summed E-state index contributed by atoms with van der Waals surface area (Å²) >= 11 is 0. The van der Waals surface area contributed by atoms with E-state index in [2.05, 4.69) is 0 Å². The van der Waals surface area contributed by atoms with Gasteiger partial charge in [0.1, 0.15) is 6.04 Å². The minimum absolute atomic E-state index is 0. The fourth-order valence-corrected chi connectivity index (χ4v) is 0.632. The molecule has 0 aromatic rings. The average Bonchev–Trinajstić information content (AvgIpc) is 1.88. The van der Waals surface area contributed by atoms with Gasteiger partial charge in [0.15, 0.2) is 0 Å². The third-order valence-corrected chi connectivity index (χ3v) is 1.29. The zero-order valence-corrected chi connectivity index (χ0v) is 10.8. The summed E-state index contributed by atoms with van der Waals surface area (Å²) in [7, 11) is 0. The molecule has 0 radical (unpaired) electrons. The molecule has 0 amide bonds. The van der Waals surface area contributed by atoms with Gasteiger partial charge in [-0.05, 0) is 19.4 Å². The van der Waals surface area contributed by atoms with E-state index in [1.807, 2.05) is 0 Å². The van der Waals surface area contributed by atoms with E-state index in [0.717, 1.165) is 12.8 Å². The number of halogens is 1. The van der Waals surface area contributed by atoms with Gasteiger partial charge in [0, 0.05) is 19.5 Å². The van der Waals surface area contributed by atoms with Crippen LogP contribution in [0.15, 0.2) is 0 Å². The molecular formula is C6H15ClN2O2Zn. The van der Waals surface area contributed by atoms with Gasteiger partial charge in [-0.15, -0.1) is 12.4 Å². The summed E-state index contributed by atoms with van der Waals surface area (Å²) in [6, 6.07) is -0.716. The summed E-state index contributed by atoms with van der Waals surface area (Å²) in [6.45, 7) is 0.604. The Balaban J connectivity index is -0.000000405. The van der Waals surface area contributed by atoms with Crippen molar-refractivity contribution < 1.29 is 29.4 Å². The molecule has 0 aliphatic rings. The van der Waals surface area contributed by atoms with Gasteiger partial charge < -0.3 is 16.6 Å². The smallest absolute Gasteiger partial charge is 0.320 e. The summed E-state index contributed by atoms with van der Waals surface area (Å²) in [5, 5.41) is 8.33. The van der Waals surface area contributed by atoms with Gasteiger partial charge in [0.25, 0.3) is 0 Å². The number of nitrogens with two attached hydrogens (primary N) is 2. The van der Waals surface area contributed by atoms with Gasteiger partial charge in [-0.25, -0.2) is 0 Å². The SMILES string of the molecule is Cl.NCCCCC(N)C(=O)O.[Zn]. The van der Waals surface area contributed by atoms with Gasteiger partial charge >= 0.3 is 5.97 Å². The van der Waals surface area contributed by atoms with E-state index in [9.17, 15) is 4.79 Å². The number of rotatable bonds is 5. The quantitative estimate of drug-likeness (QED) is 0.470. The fraction of sp³-hybridized carbons (Fsp3) is 0.833. The molecule has 0 saturated carbocycles. The zero-order valence-electron chi connectivity index (χ0n) is 7.03. The van der Waals surface area contributed by atoms with Gasteiger partial charge in [-0.2, -0.15) is 0 Å². The molecule has 1 unspecified atom stereocenters. The first-order valence-electron chi connectivity index (χ1n) is 3.37. The molecule has 0 aliphatic carbocycles. The van der Waals surface area contributed by atoms with Crippen molar-refractivity contribution in [2.24, 2.45) is 11.5 Å². The van der Waals surface area contributed by atoms with Crippen molar-refractivity contribution in [2.75, 3.05) is 6.54 Å². The average molecular weight is 248 g/mol. The van der Waals surface area contributed by atoms with Crippen LogP contribution in [0.1, 0.15) is 19.3 Å². The number of unbranched alkanes of at least 4 members (excludes halogenated alkanes) is 1. The van der Waals surface area contributed by atoms with Crippen LogP contribution in [0.25, 0.3) is 0 Å². The second-order valence-corrected chi connectivity index (χ2v) is 2.23. The summed E-state index contributed by atoms with van der Waals surface area (Å²) in [5.74, 6) is -0.933. The molecule has 0 bridgehead atoms. The van der Waals surface area contributed by atoms with Crippen molar-refractivity contribution in [3.63, 3.8) is 0 Å². The van der Waals surface area contributed by atoms with E-state index in [1.165, 1.54) is 0 Å². The van der Waals surface area contributed by atoms with Crippen LogP contribution in [0.2, 0.25) is 0 Å². The molecule has 0 saturated heterocycles. The third kappa shape index (κ3) is 10.3. The molecule has 0 rings (SSSR count). The first-order valence-corrected chi connectivity index (χ1v) is 3.37. The van der Waals surface area contributed by atoms with E-state index in [4.69, 9.17) is 16.6 Å². The minimum Gasteiger partial charge on any atom is -0.480 e. The van der Waals surface area contributed by atoms with E-state index in [-0.39, 0.29) is 31.9 Å². The molecule has 1 atom stereocenters. The van der Waals surface area contributed by atoms with Crippen molar-refractivity contribution in [1.29, 1.82) is 0 Å². The molecule has 0 heterocycles. The van der Waals surface area contributed by atoms with Crippen molar-refractivity contribution in [2.45, 2.75) is 25.3 Å². The van der Waals surface area contributed by atoms with Crippen LogP contribution in [0.3, 0.4) is 0 Å². The van der Waals surface area contributed by atoms with Gasteiger partial charge in [0.2, 0.25) is 0 Å². The summed E-state index contributed by atoms with van der Waals surface area (Å²) in [5.41, 5.74) is 10.4. The Bertz CT molecular complexity index is 116. The molecule has 0 spiro atoms. The van der Waals surface area contributed by atoms with Crippen LogP contribution in [0.4, 0.5) is 0 Å². The van der Waals surface area contributed by atoms with Crippen LogP contribution >= 0.6 is 12.4 Å². The van der Waals surface area contributed by atoms with Crippen LogP contribution in [0, 0.1) is 0 Å². The standard InChI is InChI=1S/C6H14N2O2.ClH.Zn/c7-4-2-1-3-5(8)6(9)10;;/h5H,1-4,7-8H2,(H,9,10);1H;. The van der Waals surface area contributed by atoms with Gasteiger partial charge in [-0.3, -0.25) is 4.79 Å². The maximum atomic E-state index is 10.1. The Kier molecular flexibility index (Phi) is 17.1. The Hall–Kier alpha value is 0.303. The first kappa shape index (κ1) is 18.2. The van der Waals surface area contributed by atoms with E-state index >= 15 is 0 Å². The first-order chi connectivity index (χ1) is 4.68. The molecule has 0 aliphatic heterocycles. The molecule has 12 heavy (non-hydrogen) atoms. The van der Waals surface area contributed by atoms with E-state index in [0.29, 0.717) is 13.0 Å². The number of carboxylic acid groups (broad SMARTS) is 1. The number of carboxylic acids is 1. The molecule has 5 N–H and O–H groups in total. The van der Waals surface area contributed by atoms with E-state index in [1.54, 1.807) is 0 Å². The molecule has 0 aromatic carbocycles. The Labute approximate surface area is 91.2 Å². The van der Waals surface area contributed by atoms with Crippen molar-refractivity contribution in [3.8, 4) is 0 Å². The normalized spacial score (nSPS) is 10.8. The van der Waals surface area contributed by atoms with Gasteiger partial charge in [0.05, 0.1) is 0 Å². The van der Waals surface area contributed by atoms with Crippen molar-refractivity contribution >= 4 is 18.4 Å². The Morgan fingerprint density at radius 1 is 1.42 bits per heavy atom. The molecule has 4 nitrogen and oxygen atoms in total. The fourth-order valence-electron chi connectivity index (χ4n) is 0.632. The van der Waals surface area contributed by atoms with Crippen LogP contribution in [-0.4, -0.2) is 23.7 Å². The minimum atomic E-state index is -0.933. The molecule has 0 fully saturated rings. The summed E-state index contributed by atoms with van der Waals surface area (Å²) in [4.78, 5) is 10.1. The number of hydrogen-bond donors (Lipinski definition) is 3. The van der Waals surface area contributed by atoms with Crippen molar-refractivity contribution in [3.05, 3.63) is 0 Å². The Morgan fingerprint density at radius 2 is 1.92 bits per heavy atom. The number of aliphatic carboxylic acids is 1. The number of hydrogen-bond acceptors (Lipinski definition) is 3. The molecule has 70 valence electrons. The van der Waals surface area contributed by atoms with E-state index < -0.39 is 12.0 Å². The van der Waals surface area contributed by atoms with Crippen LogP contribution in [0.5, 0.6) is 0 Å². The zero-order chi connectivity index (χ0) is 7.98. The molecule has 6 heteroatoms. The second-order valence-electron chi connectivity index (χ2n) is 2.23. The second kappa shape index (κ2) is 11.3. The summed E-state index contributed by atoms with van der Waals surface area (Å²) < 4.78 is 0. The third-order valence-electron chi connectivity index (χ3n) is 1.29. The maximum absolute atomic E-state index is 10.1. The summed E-state index contributed by atoms with van der Waals surface area (Å²) in [6.07, 6.45) is 2.16. The number of carbonyl (C=O) groups is 1. The Morgan fingerprint density at radius 3 is 2.25 bits per heavy atom. The molecular weight excluding hydrogens is 233 g/mol. The van der Waals surface area contributed by atoms with Crippen LogP contribution in [-0.2, 0) is 24.3 Å². The predicted octanol–water partition coefficient (Wildman–Crippen LogP) is -0.0534. The van der Waals surface area contributed by atoms with Crippen LogP contribution < -0.4 is 11.5 Å². The monoisotopic (exact) mass is 246 g/mol. The predicted molar refractivity (Wildman–Crippen MR) is 45.8 cm³/mol.